The van der Waals surface area contributed by atoms with E-state index in [1.165, 1.54) is 37.5 Å². The van der Waals surface area contributed by atoms with Gasteiger partial charge >= 0.3 is 7.60 Å². The molecule has 0 radical (unpaired) electrons. The van der Waals surface area contributed by atoms with Crippen LogP contribution in [0, 0.1) is 0 Å². The third-order valence-electron chi connectivity index (χ3n) is 1.62. The maximum absolute atomic E-state index is 12.0. The molecule has 0 unspecified atom stereocenters. The Morgan fingerprint density at radius 1 is 1.00 bits per heavy atom. The first kappa shape index (κ1) is 13.3. The minimum Gasteiger partial charge on any atom is -0.324 e. The van der Waals surface area contributed by atoms with E-state index in [1.54, 1.807) is 0 Å². The first-order valence-electron chi connectivity index (χ1n) is 3.59. The molecule has 6 nitrogen and oxygen atoms in total. The maximum atomic E-state index is 12.0. The van der Waals surface area contributed by atoms with Crippen molar-refractivity contribution >= 4 is 15.0 Å². The Kier molecular flexibility index (Phi) is 4.31. The summed E-state index contributed by atoms with van der Waals surface area (Å²) in [6.45, 7) is 0. The first-order chi connectivity index (χ1) is 5.59. The molecule has 0 aliphatic heterocycles. The monoisotopic (exact) mass is 230 g/mol. The minimum atomic E-state index is -4.24. The van der Waals surface area contributed by atoms with Gasteiger partial charge in [-0.15, -0.1) is 0 Å². The summed E-state index contributed by atoms with van der Waals surface area (Å²) in [5, 5.41) is 0. The molecule has 0 aromatic carbocycles. The highest BCUT2D eigenvalue weighted by molar-refractivity contribution is 7.73. The molecule has 0 saturated carbocycles. The smallest absolute Gasteiger partial charge is 0.324 e. The zero-order valence-electron chi connectivity index (χ0n) is 8.21. The van der Waals surface area contributed by atoms with Crippen molar-refractivity contribution < 1.29 is 18.9 Å². The lowest BCUT2D eigenvalue weighted by Gasteiger charge is -2.30. The predicted octanol–water partition coefficient (Wildman–Crippen LogP) is 0.438. The van der Waals surface area contributed by atoms with E-state index in [9.17, 15) is 9.13 Å². The van der Waals surface area contributed by atoms with Gasteiger partial charge in [-0.3, -0.25) is 9.13 Å². The molecule has 0 fully saturated rings. The molecule has 0 aliphatic rings. The van der Waals surface area contributed by atoms with Crippen LogP contribution in [0.3, 0.4) is 0 Å². The quantitative estimate of drug-likeness (QED) is 0.682. The van der Waals surface area contributed by atoms with Crippen molar-refractivity contribution in [3.05, 3.63) is 0 Å². The molecule has 80 valence electrons. The topological polar surface area (TPSA) is 81.1 Å². The summed E-state index contributed by atoms with van der Waals surface area (Å²) in [6, 6.07) is 0. The van der Waals surface area contributed by atoms with E-state index < -0.39 is 20.9 Å². The van der Waals surface area contributed by atoms with E-state index in [0.29, 0.717) is 0 Å². The highest BCUT2D eigenvalue weighted by Gasteiger charge is 2.35. The third kappa shape index (κ3) is 3.90. The number of hydrogen-bond donors (Lipinski definition) is 2. The van der Waals surface area contributed by atoms with Crippen molar-refractivity contribution in [2.24, 2.45) is 0 Å². The molecular formula is C5H16N2O4P2. The average molecular weight is 230 g/mol. The van der Waals surface area contributed by atoms with Gasteiger partial charge in [-0.1, -0.05) is 0 Å². The standard InChI is InChI=1S/C5H16N2O4P2/c1-6(2)12(8,7(3)4)5-13(9,10)11/h5H2,1-4H3,(H2,9,10,11). The molecule has 0 heterocycles. The van der Waals surface area contributed by atoms with Gasteiger partial charge < -0.3 is 9.79 Å². The lowest BCUT2D eigenvalue weighted by atomic mass is 11.3. The highest BCUT2D eigenvalue weighted by Crippen LogP contribution is 2.59. The van der Waals surface area contributed by atoms with Crippen LogP contribution in [0.4, 0.5) is 0 Å². The average Bonchev–Trinajstić information content (AvgIpc) is 1.82. The Morgan fingerprint density at radius 2 is 1.31 bits per heavy atom. The summed E-state index contributed by atoms with van der Waals surface area (Å²) >= 11 is 0. The Bertz CT molecular complexity index is 247. The van der Waals surface area contributed by atoms with Gasteiger partial charge in [-0.2, -0.15) is 0 Å². The van der Waals surface area contributed by atoms with Crippen molar-refractivity contribution in [1.82, 2.24) is 9.34 Å². The highest BCUT2D eigenvalue weighted by atomic mass is 31.2. The first-order valence-corrected chi connectivity index (χ1v) is 7.18. The molecule has 0 bridgehead atoms. The van der Waals surface area contributed by atoms with Crippen LogP contribution in [0.5, 0.6) is 0 Å². The van der Waals surface area contributed by atoms with Gasteiger partial charge in [0, 0.05) is 0 Å². The van der Waals surface area contributed by atoms with Crippen LogP contribution in [0.1, 0.15) is 0 Å². The van der Waals surface area contributed by atoms with Gasteiger partial charge in [0.15, 0.2) is 0 Å². The minimum absolute atomic E-state index is 0.611. The summed E-state index contributed by atoms with van der Waals surface area (Å²) in [7, 11) is -1.17. The second-order valence-corrected chi connectivity index (χ2v) is 8.56. The van der Waals surface area contributed by atoms with Crippen LogP contribution in [0.2, 0.25) is 0 Å². The van der Waals surface area contributed by atoms with E-state index >= 15 is 0 Å². The van der Waals surface area contributed by atoms with Crippen molar-refractivity contribution in [2.75, 3.05) is 34.1 Å². The fourth-order valence-corrected chi connectivity index (χ4v) is 5.51. The van der Waals surface area contributed by atoms with Crippen molar-refractivity contribution in [2.45, 2.75) is 0 Å². The largest absolute Gasteiger partial charge is 0.335 e. The molecule has 0 atom stereocenters. The summed E-state index contributed by atoms with van der Waals surface area (Å²) in [6.07, 6.45) is 0. The van der Waals surface area contributed by atoms with E-state index in [0.717, 1.165) is 0 Å². The molecule has 0 spiro atoms. The summed E-state index contributed by atoms with van der Waals surface area (Å²) in [5.74, 6) is -0.611. The fourth-order valence-electron chi connectivity index (χ4n) is 0.851. The summed E-state index contributed by atoms with van der Waals surface area (Å²) in [4.78, 5) is 17.5. The molecule has 0 rings (SSSR count). The summed E-state index contributed by atoms with van der Waals surface area (Å²) < 4.78 is 25.4. The molecule has 0 aromatic rings. The van der Waals surface area contributed by atoms with Crippen LogP contribution in [0.25, 0.3) is 0 Å². The van der Waals surface area contributed by atoms with Crippen molar-refractivity contribution in [3.8, 4) is 0 Å². The van der Waals surface area contributed by atoms with Gasteiger partial charge in [0.2, 0.25) is 7.44 Å². The number of hydrogen-bond acceptors (Lipinski definition) is 2. The normalized spacial score (nSPS) is 14.2. The van der Waals surface area contributed by atoms with Crippen molar-refractivity contribution in [3.63, 3.8) is 0 Å². The molecule has 8 heteroatoms. The predicted molar refractivity (Wildman–Crippen MR) is 51.9 cm³/mol. The van der Waals surface area contributed by atoms with E-state index in [1.807, 2.05) is 0 Å². The van der Waals surface area contributed by atoms with Gasteiger partial charge in [-0.25, -0.2) is 9.34 Å². The zero-order chi connectivity index (χ0) is 10.9. The van der Waals surface area contributed by atoms with Crippen LogP contribution in [-0.2, 0) is 9.13 Å². The Balaban J connectivity index is 4.85. The lowest BCUT2D eigenvalue weighted by molar-refractivity contribution is 0.373. The molecule has 2 N–H and O–H groups in total. The van der Waals surface area contributed by atoms with Gasteiger partial charge in [0.05, 0.1) is 0 Å². The fraction of sp³-hybridized carbons (Fsp3) is 1.00. The molecule has 0 saturated heterocycles. The Hall–Kier alpha value is 0.300. The van der Waals surface area contributed by atoms with E-state index in [4.69, 9.17) is 9.79 Å². The second kappa shape index (κ2) is 4.22. The number of rotatable bonds is 4. The zero-order valence-corrected chi connectivity index (χ0v) is 10.00. The molecule has 0 amide bonds. The second-order valence-electron chi connectivity index (χ2n) is 3.17. The van der Waals surface area contributed by atoms with Crippen molar-refractivity contribution in [1.29, 1.82) is 0 Å². The van der Waals surface area contributed by atoms with Crippen LogP contribution < -0.4 is 0 Å². The van der Waals surface area contributed by atoms with Gasteiger partial charge in [0.25, 0.3) is 0 Å². The molecule has 13 heavy (non-hydrogen) atoms. The lowest BCUT2D eigenvalue weighted by Crippen LogP contribution is -2.23. The third-order valence-corrected chi connectivity index (χ3v) is 7.07. The molecular weight excluding hydrogens is 214 g/mol. The van der Waals surface area contributed by atoms with E-state index in [2.05, 4.69) is 0 Å². The number of nitrogens with zero attached hydrogens (tertiary/aromatic N) is 2. The molecule has 0 aromatic heterocycles. The van der Waals surface area contributed by atoms with Crippen LogP contribution in [-0.4, -0.2) is 53.2 Å². The van der Waals surface area contributed by atoms with Gasteiger partial charge in [0.1, 0.15) is 5.90 Å². The Morgan fingerprint density at radius 3 is 1.38 bits per heavy atom. The van der Waals surface area contributed by atoms with Gasteiger partial charge in [-0.05, 0) is 28.2 Å². The molecule has 0 aliphatic carbocycles. The maximum Gasteiger partial charge on any atom is 0.335 e. The SMILES string of the molecule is CN(C)P(=O)(CP(=O)(O)O)N(C)C. The van der Waals surface area contributed by atoms with E-state index in [-0.39, 0.29) is 0 Å². The van der Waals surface area contributed by atoms with Crippen LogP contribution in [0.15, 0.2) is 0 Å². The Labute approximate surface area is 78.2 Å². The van der Waals surface area contributed by atoms with Crippen LogP contribution >= 0.6 is 15.0 Å². The summed E-state index contributed by atoms with van der Waals surface area (Å²) in [5.41, 5.74) is 0.